The van der Waals surface area contributed by atoms with Gasteiger partial charge < -0.3 is 15.2 Å². The molecule has 4 nitrogen and oxygen atoms in total. The highest BCUT2D eigenvalue weighted by Crippen LogP contribution is 2.16. The Hall–Kier alpha value is -1.18. The number of benzene rings is 1. The fourth-order valence-corrected chi connectivity index (χ4v) is 3.61. The van der Waals surface area contributed by atoms with Gasteiger partial charge >= 0.3 is 0 Å². The molecule has 28 heavy (non-hydrogen) atoms. The molecule has 0 fully saturated rings. The maximum Gasteiger partial charge on any atom is 0.220 e. The van der Waals surface area contributed by atoms with Crippen LogP contribution in [0.4, 0.5) is 0 Å². The molecule has 0 aliphatic heterocycles. The number of hydrogen-bond donors (Lipinski definition) is 2. The van der Waals surface area contributed by atoms with E-state index in [4.69, 9.17) is 9.84 Å². The van der Waals surface area contributed by atoms with Crippen LogP contribution in [0.5, 0.6) is 0 Å². The molecule has 5 heteroatoms. The smallest absolute Gasteiger partial charge is 0.220 e. The summed E-state index contributed by atoms with van der Waals surface area (Å²) < 4.78 is 7.75. The molecule has 2 atom stereocenters. The van der Waals surface area contributed by atoms with E-state index in [1.807, 2.05) is 34.4 Å². The highest BCUT2D eigenvalue weighted by Gasteiger charge is 2.19. The molecule has 1 rings (SSSR count). The minimum atomic E-state index is -0.0312. The summed E-state index contributed by atoms with van der Waals surface area (Å²) in [5.41, 5.74) is 2.27. The van der Waals surface area contributed by atoms with E-state index < -0.39 is 0 Å². The first kappa shape index (κ1) is 24.9. The molecule has 156 valence electrons. The second-order valence-electron chi connectivity index (χ2n) is 7.06. The monoisotopic (exact) mass is 499 g/mol. The summed E-state index contributed by atoms with van der Waals surface area (Å²) in [4.78, 5) is 12.4. The van der Waals surface area contributed by atoms with Crippen molar-refractivity contribution in [2.75, 3.05) is 13.2 Å². The van der Waals surface area contributed by atoms with Crippen LogP contribution in [0, 0.1) is 5.92 Å². The topological polar surface area (TPSA) is 58.6 Å². The SMILES string of the molecule is C/C(=C\COCc1ccccc1)C(NC(=O)CCCCCCO)[C@@H](C)/C=C/I. The van der Waals surface area contributed by atoms with Gasteiger partial charge in [0, 0.05) is 13.0 Å². The molecule has 1 amide bonds. The molecule has 0 spiro atoms. The lowest BCUT2D eigenvalue weighted by atomic mass is 9.94. The van der Waals surface area contributed by atoms with Crippen molar-refractivity contribution >= 4 is 28.5 Å². The first-order chi connectivity index (χ1) is 13.6. The van der Waals surface area contributed by atoms with Gasteiger partial charge in [-0.1, -0.05) is 90.4 Å². The van der Waals surface area contributed by atoms with Crippen LogP contribution in [0.3, 0.4) is 0 Å². The molecule has 0 heterocycles. The quantitative estimate of drug-likeness (QED) is 0.211. The number of aliphatic hydroxyl groups is 1. The van der Waals surface area contributed by atoms with E-state index in [1.54, 1.807) is 0 Å². The average molecular weight is 499 g/mol. The predicted octanol–water partition coefficient (Wildman–Crippen LogP) is 5.16. The highest BCUT2D eigenvalue weighted by atomic mass is 127. The second-order valence-corrected chi connectivity index (χ2v) is 7.78. The van der Waals surface area contributed by atoms with Crippen LogP contribution in [-0.4, -0.2) is 30.3 Å². The normalized spacial score (nSPS) is 14.2. The molecule has 0 saturated heterocycles. The fourth-order valence-electron chi connectivity index (χ4n) is 2.95. The average Bonchev–Trinajstić information content (AvgIpc) is 2.70. The van der Waals surface area contributed by atoms with Gasteiger partial charge in [-0.3, -0.25) is 4.79 Å². The zero-order valence-corrected chi connectivity index (χ0v) is 19.2. The van der Waals surface area contributed by atoms with Gasteiger partial charge in [0.1, 0.15) is 0 Å². The zero-order chi connectivity index (χ0) is 20.6. The van der Waals surface area contributed by atoms with Crippen molar-refractivity contribution in [2.24, 2.45) is 5.92 Å². The van der Waals surface area contributed by atoms with E-state index in [2.05, 4.69) is 53.9 Å². The number of carbonyl (C=O) groups is 1. The van der Waals surface area contributed by atoms with Crippen LogP contribution >= 0.6 is 22.6 Å². The molecule has 0 aliphatic rings. The van der Waals surface area contributed by atoms with Crippen LogP contribution in [-0.2, 0) is 16.1 Å². The first-order valence-electron chi connectivity index (χ1n) is 10.0. The Morgan fingerprint density at radius 3 is 2.61 bits per heavy atom. The summed E-state index contributed by atoms with van der Waals surface area (Å²) in [6, 6.07) is 10.1. The summed E-state index contributed by atoms with van der Waals surface area (Å²) >= 11 is 2.21. The number of hydrogen-bond acceptors (Lipinski definition) is 3. The molecule has 1 aromatic carbocycles. The van der Waals surface area contributed by atoms with E-state index in [0.717, 1.165) is 36.8 Å². The number of aliphatic hydroxyl groups excluding tert-OH is 1. The zero-order valence-electron chi connectivity index (χ0n) is 17.1. The van der Waals surface area contributed by atoms with Crippen molar-refractivity contribution in [1.29, 1.82) is 0 Å². The lowest BCUT2D eigenvalue weighted by Gasteiger charge is -2.24. The molecule has 0 bridgehead atoms. The molecule has 1 aromatic rings. The summed E-state index contributed by atoms with van der Waals surface area (Å²) in [7, 11) is 0. The fraction of sp³-hybridized carbons (Fsp3) is 0.522. The molecule has 0 aliphatic carbocycles. The molecule has 2 N–H and O–H groups in total. The van der Waals surface area contributed by atoms with Gasteiger partial charge in [-0.15, -0.1) is 0 Å². The van der Waals surface area contributed by atoms with Crippen LogP contribution < -0.4 is 5.32 Å². The third-order valence-electron chi connectivity index (χ3n) is 4.66. The van der Waals surface area contributed by atoms with E-state index in [1.165, 1.54) is 0 Å². The Bertz CT molecular complexity index is 601. The van der Waals surface area contributed by atoms with Crippen LogP contribution in [0.15, 0.2) is 52.1 Å². The van der Waals surface area contributed by atoms with Gasteiger partial charge in [0.25, 0.3) is 0 Å². The van der Waals surface area contributed by atoms with Gasteiger partial charge in [0.15, 0.2) is 0 Å². The largest absolute Gasteiger partial charge is 0.396 e. The Morgan fingerprint density at radius 2 is 1.93 bits per heavy atom. The Morgan fingerprint density at radius 1 is 1.21 bits per heavy atom. The molecule has 1 unspecified atom stereocenters. The third-order valence-corrected chi connectivity index (χ3v) is 5.07. The summed E-state index contributed by atoms with van der Waals surface area (Å²) in [5, 5.41) is 12.0. The van der Waals surface area contributed by atoms with Gasteiger partial charge in [0.05, 0.1) is 19.3 Å². The van der Waals surface area contributed by atoms with Gasteiger partial charge in [-0.2, -0.15) is 0 Å². The van der Waals surface area contributed by atoms with Crippen LogP contribution in [0.2, 0.25) is 0 Å². The van der Waals surface area contributed by atoms with Crippen molar-refractivity contribution in [3.63, 3.8) is 0 Å². The predicted molar refractivity (Wildman–Crippen MR) is 124 cm³/mol. The summed E-state index contributed by atoms with van der Waals surface area (Å²) in [5.74, 6) is 0.293. The third kappa shape index (κ3) is 11.0. The number of nitrogens with one attached hydrogen (secondary N) is 1. The molecular formula is C23H34INO3. The first-order valence-corrected chi connectivity index (χ1v) is 11.3. The lowest BCUT2D eigenvalue weighted by Crippen LogP contribution is -2.39. The number of ether oxygens (including phenoxy) is 1. The number of halogens is 1. The maximum atomic E-state index is 12.4. The number of rotatable bonds is 14. The van der Waals surface area contributed by atoms with E-state index in [9.17, 15) is 4.79 Å². The van der Waals surface area contributed by atoms with Crippen molar-refractivity contribution in [2.45, 2.75) is 58.6 Å². The standard InChI is InChI=1S/C23H34INO3/c1-19(13-15-24)23(25-22(27)12-8-3-4-9-16-26)20(2)14-17-28-18-21-10-6-5-7-11-21/h5-7,10-11,13-15,19,23,26H,3-4,8-9,12,16-18H2,1-2H3,(H,25,27)/b15-13+,20-14+/t19-,23?/m0/s1. The maximum absolute atomic E-state index is 12.4. The minimum absolute atomic E-state index is 0.0312. The molecule has 0 saturated carbocycles. The van der Waals surface area contributed by atoms with Crippen LogP contribution in [0.1, 0.15) is 51.5 Å². The molecular weight excluding hydrogens is 465 g/mol. The number of unbranched alkanes of at least 4 members (excludes halogenated alkanes) is 3. The van der Waals surface area contributed by atoms with E-state index in [-0.39, 0.29) is 24.5 Å². The lowest BCUT2D eigenvalue weighted by molar-refractivity contribution is -0.121. The van der Waals surface area contributed by atoms with Crippen molar-refractivity contribution in [3.8, 4) is 0 Å². The summed E-state index contributed by atoms with van der Waals surface area (Å²) in [6.45, 7) is 5.50. The van der Waals surface area contributed by atoms with Gasteiger partial charge in [0.2, 0.25) is 5.91 Å². The highest BCUT2D eigenvalue weighted by molar-refractivity contribution is 14.1. The van der Waals surface area contributed by atoms with Crippen molar-refractivity contribution in [1.82, 2.24) is 5.32 Å². The minimum Gasteiger partial charge on any atom is -0.396 e. The molecule has 0 aromatic heterocycles. The van der Waals surface area contributed by atoms with Crippen LogP contribution in [0.25, 0.3) is 0 Å². The Balaban J connectivity index is 2.52. The number of carbonyl (C=O) groups excluding carboxylic acids is 1. The second kappa shape index (κ2) is 15.7. The Kier molecular flexibility index (Phi) is 13.9. The van der Waals surface area contributed by atoms with Gasteiger partial charge in [-0.05, 0) is 35.3 Å². The van der Waals surface area contributed by atoms with E-state index in [0.29, 0.717) is 19.6 Å². The number of amides is 1. The van der Waals surface area contributed by atoms with Gasteiger partial charge in [-0.25, -0.2) is 0 Å². The van der Waals surface area contributed by atoms with Crippen molar-refractivity contribution < 1.29 is 14.6 Å². The molecule has 0 radical (unpaired) electrons. The summed E-state index contributed by atoms with van der Waals surface area (Å²) in [6.07, 6.45) is 8.31. The van der Waals surface area contributed by atoms with Crippen molar-refractivity contribution in [3.05, 3.63) is 57.7 Å². The van der Waals surface area contributed by atoms with E-state index >= 15 is 0 Å². The Labute approximate surface area is 183 Å².